The molecule has 1 aromatic rings. The van der Waals surface area contributed by atoms with Crippen molar-refractivity contribution in [2.75, 3.05) is 25.6 Å². The summed E-state index contributed by atoms with van der Waals surface area (Å²) in [5, 5.41) is 9.48. The Morgan fingerprint density at radius 1 is 1.71 bits per heavy atom. The van der Waals surface area contributed by atoms with Gasteiger partial charge >= 0.3 is 5.97 Å². The quantitative estimate of drug-likeness (QED) is 0.766. The van der Waals surface area contributed by atoms with E-state index >= 15 is 0 Å². The second-order valence-electron chi connectivity index (χ2n) is 3.80. The van der Waals surface area contributed by atoms with E-state index in [4.69, 9.17) is 5.26 Å². The van der Waals surface area contributed by atoms with Crippen LogP contribution in [0.2, 0.25) is 0 Å². The van der Waals surface area contributed by atoms with Crippen LogP contribution in [-0.2, 0) is 4.74 Å². The van der Waals surface area contributed by atoms with E-state index in [0.717, 1.165) is 10.0 Å². The zero-order chi connectivity index (χ0) is 13.0. The fraction of sp³-hybridized carbons (Fsp3) is 0.545. The number of thiazole rings is 1. The third kappa shape index (κ3) is 3.17. The summed E-state index contributed by atoms with van der Waals surface area (Å²) in [4.78, 5) is 18.3. The van der Waals surface area contributed by atoms with Gasteiger partial charge in [-0.25, -0.2) is 9.78 Å². The highest BCUT2D eigenvalue weighted by molar-refractivity contribution is 7.15. The number of rotatable bonds is 4. The Morgan fingerprint density at radius 3 is 2.88 bits per heavy atom. The van der Waals surface area contributed by atoms with Crippen LogP contribution in [0.4, 0.5) is 5.13 Å². The Kier molecular flexibility index (Phi) is 4.46. The largest absolute Gasteiger partial charge is 0.464 e. The number of anilines is 1. The first-order valence-corrected chi connectivity index (χ1v) is 5.97. The van der Waals surface area contributed by atoms with Crippen LogP contribution in [0, 0.1) is 24.2 Å². The summed E-state index contributed by atoms with van der Waals surface area (Å²) in [6.07, 6.45) is 0. The van der Waals surface area contributed by atoms with Crippen LogP contribution < -0.4 is 4.90 Å². The van der Waals surface area contributed by atoms with Crippen molar-refractivity contribution in [3.8, 4) is 6.07 Å². The van der Waals surface area contributed by atoms with E-state index in [0.29, 0.717) is 12.2 Å². The van der Waals surface area contributed by atoms with Crippen LogP contribution in [0.15, 0.2) is 0 Å². The lowest BCUT2D eigenvalue weighted by atomic mass is 10.2. The summed E-state index contributed by atoms with van der Waals surface area (Å²) in [7, 11) is 3.19. The molecule has 1 aromatic heterocycles. The SMILES string of the molecule is COC(=O)c1nc(N(C)CC(C)C#N)sc1C. The molecule has 0 amide bonds. The second-order valence-corrected chi connectivity index (χ2v) is 4.99. The first-order valence-electron chi connectivity index (χ1n) is 5.16. The molecule has 0 aliphatic heterocycles. The second kappa shape index (κ2) is 5.64. The van der Waals surface area contributed by atoms with E-state index in [-0.39, 0.29) is 5.92 Å². The van der Waals surface area contributed by atoms with Gasteiger partial charge in [0.15, 0.2) is 10.8 Å². The maximum Gasteiger partial charge on any atom is 0.357 e. The normalized spacial score (nSPS) is 11.7. The minimum atomic E-state index is -0.424. The third-order valence-electron chi connectivity index (χ3n) is 2.26. The Bertz CT molecular complexity index is 450. The standard InChI is InChI=1S/C11H15N3O2S/c1-7(5-12)6-14(3)11-13-9(8(2)17-11)10(15)16-4/h7H,6H2,1-4H3. The molecule has 6 heteroatoms. The fourth-order valence-electron chi connectivity index (χ4n) is 1.36. The van der Waals surface area contributed by atoms with Crippen LogP contribution in [0.25, 0.3) is 0 Å². The number of esters is 1. The molecule has 0 aliphatic carbocycles. The summed E-state index contributed by atoms with van der Waals surface area (Å²) in [6.45, 7) is 4.26. The lowest BCUT2D eigenvalue weighted by Crippen LogP contribution is -2.23. The zero-order valence-electron chi connectivity index (χ0n) is 10.4. The molecule has 0 N–H and O–H groups in total. The van der Waals surface area contributed by atoms with Crippen LogP contribution in [-0.4, -0.2) is 31.7 Å². The molecule has 0 fully saturated rings. The fourth-order valence-corrected chi connectivity index (χ4v) is 2.23. The average molecular weight is 253 g/mol. The van der Waals surface area contributed by atoms with Gasteiger partial charge in [-0.3, -0.25) is 0 Å². The van der Waals surface area contributed by atoms with E-state index in [1.807, 2.05) is 25.8 Å². The van der Waals surface area contributed by atoms with Crippen molar-refractivity contribution in [1.82, 2.24) is 4.98 Å². The molecule has 0 radical (unpaired) electrons. The van der Waals surface area contributed by atoms with Crippen molar-refractivity contribution in [2.24, 2.45) is 5.92 Å². The number of aromatic nitrogens is 1. The van der Waals surface area contributed by atoms with E-state index in [1.54, 1.807) is 0 Å². The molecule has 0 saturated carbocycles. The third-order valence-corrected chi connectivity index (χ3v) is 3.34. The highest BCUT2D eigenvalue weighted by atomic mass is 32.1. The maximum absolute atomic E-state index is 11.4. The Morgan fingerprint density at radius 2 is 2.35 bits per heavy atom. The number of ether oxygens (including phenoxy) is 1. The monoisotopic (exact) mass is 253 g/mol. The number of methoxy groups -OCH3 is 1. The molecule has 0 aliphatic rings. The Labute approximate surface area is 105 Å². The van der Waals surface area contributed by atoms with Crippen molar-refractivity contribution < 1.29 is 9.53 Å². The van der Waals surface area contributed by atoms with Gasteiger partial charge in [0.2, 0.25) is 0 Å². The molecule has 1 unspecified atom stereocenters. The van der Waals surface area contributed by atoms with Crippen molar-refractivity contribution >= 4 is 22.4 Å². The Balaban J connectivity index is 2.86. The Hall–Kier alpha value is -1.61. The molecule has 5 nitrogen and oxygen atoms in total. The summed E-state index contributed by atoms with van der Waals surface area (Å²) in [6, 6.07) is 2.16. The van der Waals surface area contributed by atoms with Gasteiger partial charge in [-0.05, 0) is 13.8 Å². The van der Waals surface area contributed by atoms with Crippen LogP contribution in [0.3, 0.4) is 0 Å². The number of hydrogen-bond donors (Lipinski definition) is 0. The van der Waals surface area contributed by atoms with Crippen molar-refractivity contribution in [1.29, 1.82) is 5.26 Å². The first kappa shape index (κ1) is 13.5. The number of nitriles is 1. The first-order chi connectivity index (χ1) is 7.99. The number of hydrogen-bond acceptors (Lipinski definition) is 6. The number of aryl methyl sites for hydroxylation is 1. The van der Waals surface area contributed by atoms with Crippen molar-refractivity contribution in [3.63, 3.8) is 0 Å². The molecule has 0 spiro atoms. The molecule has 92 valence electrons. The van der Waals surface area contributed by atoms with Gasteiger partial charge in [0.25, 0.3) is 0 Å². The van der Waals surface area contributed by atoms with Gasteiger partial charge in [-0.1, -0.05) is 0 Å². The molecule has 0 bridgehead atoms. The van der Waals surface area contributed by atoms with E-state index in [2.05, 4.69) is 15.8 Å². The van der Waals surface area contributed by atoms with Crippen molar-refractivity contribution in [3.05, 3.63) is 10.6 Å². The van der Waals surface area contributed by atoms with Crippen LogP contribution in [0.5, 0.6) is 0 Å². The van der Waals surface area contributed by atoms with Gasteiger partial charge in [0.1, 0.15) is 0 Å². The van der Waals surface area contributed by atoms with E-state index < -0.39 is 5.97 Å². The zero-order valence-corrected chi connectivity index (χ0v) is 11.2. The molecule has 17 heavy (non-hydrogen) atoms. The number of carbonyl (C=O) groups excluding carboxylic acids is 1. The summed E-state index contributed by atoms with van der Waals surface area (Å²) in [5.74, 6) is -0.502. The summed E-state index contributed by atoms with van der Waals surface area (Å²) < 4.78 is 4.65. The molecule has 1 atom stereocenters. The lowest BCUT2D eigenvalue weighted by molar-refractivity contribution is 0.0594. The van der Waals surface area contributed by atoms with Crippen molar-refractivity contribution in [2.45, 2.75) is 13.8 Å². The summed E-state index contributed by atoms with van der Waals surface area (Å²) >= 11 is 1.42. The van der Waals surface area contributed by atoms with Gasteiger partial charge in [0.05, 0.1) is 19.1 Å². The van der Waals surface area contributed by atoms with Crippen LogP contribution in [0.1, 0.15) is 22.3 Å². The highest BCUT2D eigenvalue weighted by Gasteiger charge is 2.18. The van der Waals surface area contributed by atoms with Crippen LogP contribution >= 0.6 is 11.3 Å². The van der Waals surface area contributed by atoms with E-state index in [1.165, 1.54) is 18.4 Å². The predicted molar refractivity (Wildman–Crippen MR) is 66.2 cm³/mol. The topological polar surface area (TPSA) is 66.2 Å². The number of nitrogens with zero attached hydrogens (tertiary/aromatic N) is 3. The molecule has 1 heterocycles. The molecule has 0 saturated heterocycles. The lowest BCUT2D eigenvalue weighted by Gasteiger charge is -2.16. The minimum absolute atomic E-state index is 0.0780. The molecular formula is C11H15N3O2S. The maximum atomic E-state index is 11.4. The van der Waals surface area contributed by atoms with Gasteiger partial charge in [-0.15, -0.1) is 11.3 Å². The number of carbonyl (C=O) groups is 1. The minimum Gasteiger partial charge on any atom is -0.464 e. The van der Waals surface area contributed by atoms with Gasteiger partial charge in [0, 0.05) is 18.5 Å². The molecule has 0 aromatic carbocycles. The summed E-state index contributed by atoms with van der Waals surface area (Å²) in [5.41, 5.74) is 0.351. The highest BCUT2D eigenvalue weighted by Crippen LogP contribution is 2.25. The average Bonchev–Trinajstić information content (AvgIpc) is 2.70. The van der Waals surface area contributed by atoms with Gasteiger partial charge in [-0.2, -0.15) is 5.26 Å². The van der Waals surface area contributed by atoms with Gasteiger partial charge < -0.3 is 9.64 Å². The molecule has 1 rings (SSSR count). The molecular weight excluding hydrogens is 238 g/mol. The van der Waals surface area contributed by atoms with E-state index in [9.17, 15) is 4.79 Å². The smallest absolute Gasteiger partial charge is 0.357 e. The predicted octanol–water partition coefficient (Wildman–Crippen LogP) is 1.83.